The minimum Gasteiger partial charge on any atom is -0.392 e. The Morgan fingerprint density at radius 3 is 2.52 bits per heavy atom. The lowest BCUT2D eigenvalue weighted by Crippen LogP contribution is -2.48. The van der Waals surface area contributed by atoms with Crippen molar-refractivity contribution in [1.29, 1.82) is 0 Å². The van der Waals surface area contributed by atoms with E-state index in [1.807, 2.05) is 0 Å². The molecule has 2 aliphatic carbocycles. The standard InChI is InChI=1S/C22H34OS4/c1-5-20(3,19-24-10-11-25-19)14-17(23)21(4)15(2)6-7-16-8-9-22(18(16)21)26-12-13-27-22/h5,15,17,19,23H,1,6-14H2,2-4H3/t15-,17+,20+,21-/m0/s1. The van der Waals surface area contributed by atoms with Gasteiger partial charge in [0, 0.05) is 33.8 Å². The molecular weight excluding hydrogens is 409 g/mol. The minimum absolute atomic E-state index is 0.00607. The van der Waals surface area contributed by atoms with Gasteiger partial charge in [-0.1, -0.05) is 32.4 Å². The number of aliphatic hydroxyl groups excluding tert-OH is 1. The smallest absolute Gasteiger partial charge is 0.0833 e. The van der Waals surface area contributed by atoms with Crippen LogP contribution in [0.2, 0.25) is 0 Å². The molecule has 0 saturated carbocycles. The summed E-state index contributed by atoms with van der Waals surface area (Å²) in [7, 11) is 0. The van der Waals surface area contributed by atoms with Gasteiger partial charge in [-0.3, -0.25) is 0 Å². The first kappa shape index (κ1) is 21.1. The molecule has 4 rings (SSSR count). The van der Waals surface area contributed by atoms with Crippen molar-refractivity contribution in [3.63, 3.8) is 0 Å². The van der Waals surface area contributed by atoms with Crippen LogP contribution in [0.4, 0.5) is 0 Å². The van der Waals surface area contributed by atoms with E-state index in [1.165, 1.54) is 48.7 Å². The molecule has 27 heavy (non-hydrogen) atoms. The molecule has 152 valence electrons. The molecule has 0 aromatic carbocycles. The lowest BCUT2D eigenvalue weighted by Gasteiger charge is -2.51. The molecule has 1 nitrogen and oxygen atoms in total. The molecule has 0 unspecified atom stereocenters. The Balaban J connectivity index is 1.66. The molecule has 5 heteroatoms. The normalized spacial score (nSPS) is 36.8. The maximum absolute atomic E-state index is 11.8. The van der Waals surface area contributed by atoms with Gasteiger partial charge in [0.05, 0.1) is 14.8 Å². The minimum atomic E-state index is -0.292. The van der Waals surface area contributed by atoms with Crippen molar-refractivity contribution in [3.05, 3.63) is 23.8 Å². The predicted octanol–water partition coefficient (Wildman–Crippen LogP) is 6.44. The molecule has 1 N–H and O–H groups in total. The largest absolute Gasteiger partial charge is 0.392 e. The fourth-order valence-electron chi connectivity index (χ4n) is 5.70. The van der Waals surface area contributed by atoms with Gasteiger partial charge in [0.25, 0.3) is 0 Å². The molecule has 0 amide bonds. The average Bonchev–Trinajstić information content (AvgIpc) is 3.41. The zero-order valence-corrected chi connectivity index (χ0v) is 20.2. The lowest BCUT2D eigenvalue weighted by atomic mass is 9.60. The quantitative estimate of drug-likeness (QED) is 0.493. The predicted molar refractivity (Wildman–Crippen MR) is 128 cm³/mol. The summed E-state index contributed by atoms with van der Waals surface area (Å²) in [6.07, 6.45) is 7.72. The summed E-state index contributed by atoms with van der Waals surface area (Å²) in [6.45, 7) is 11.3. The molecule has 4 aliphatic rings. The molecule has 2 heterocycles. The second-order valence-corrected chi connectivity index (χ2v) is 14.9. The molecule has 2 aliphatic heterocycles. The second-order valence-electron chi connectivity index (χ2n) is 9.15. The first-order chi connectivity index (χ1) is 12.9. The summed E-state index contributed by atoms with van der Waals surface area (Å²) in [5.41, 5.74) is 3.26. The Morgan fingerprint density at radius 2 is 1.89 bits per heavy atom. The number of thioether (sulfide) groups is 4. The van der Waals surface area contributed by atoms with Crippen molar-refractivity contribution in [2.75, 3.05) is 23.0 Å². The van der Waals surface area contributed by atoms with E-state index in [0.717, 1.165) is 6.42 Å². The summed E-state index contributed by atoms with van der Waals surface area (Å²) < 4.78 is 0.801. The van der Waals surface area contributed by atoms with E-state index in [-0.39, 0.29) is 21.0 Å². The van der Waals surface area contributed by atoms with E-state index in [2.05, 4.69) is 80.5 Å². The highest BCUT2D eigenvalue weighted by atomic mass is 32.2. The van der Waals surface area contributed by atoms with Crippen LogP contribution >= 0.6 is 47.0 Å². The molecular formula is C22H34OS4. The average molecular weight is 443 g/mol. The first-order valence-electron chi connectivity index (χ1n) is 10.4. The summed E-state index contributed by atoms with van der Waals surface area (Å²) in [5, 5.41) is 11.8. The van der Waals surface area contributed by atoms with Crippen LogP contribution in [-0.2, 0) is 0 Å². The number of rotatable bonds is 5. The van der Waals surface area contributed by atoms with Crippen molar-refractivity contribution in [2.24, 2.45) is 16.7 Å². The third-order valence-corrected chi connectivity index (χ3v) is 14.8. The van der Waals surface area contributed by atoms with Crippen LogP contribution in [0.3, 0.4) is 0 Å². The molecule has 1 spiro atoms. The second kappa shape index (κ2) is 7.83. The van der Waals surface area contributed by atoms with E-state index < -0.39 is 0 Å². The van der Waals surface area contributed by atoms with Crippen molar-refractivity contribution < 1.29 is 5.11 Å². The van der Waals surface area contributed by atoms with Crippen molar-refractivity contribution in [2.45, 2.75) is 67.6 Å². The Morgan fingerprint density at radius 1 is 1.22 bits per heavy atom. The highest BCUT2D eigenvalue weighted by Gasteiger charge is 2.57. The van der Waals surface area contributed by atoms with Gasteiger partial charge < -0.3 is 5.11 Å². The number of fused-ring (bicyclic) bond motifs is 1. The Labute approximate surface area is 182 Å². The maximum Gasteiger partial charge on any atom is 0.0833 e. The van der Waals surface area contributed by atoms with Gasteiger partial charge in [-0.25, -0.2) is 0 Å². The van der Waals surface area contributed by atoms with Gasteiger partial charge in [-0.15, -0.1) is 53.6 Å². The van der Waals surface area contributed by atoms with Crippen molar-refractivity contribution in [1.82, 2.24) is 0 Å². The summed E-state index contributed by atoms with van der Waals surface area (Å²) in [4.78, 5) is 0. The molecule has 2 saturated heterocycles. The van der Waals surface area contributed by atoms with Gasteiger partial charge in [-0.05, 0) is 43.6 Å². The Bertz CT molecular complexity index is 620. The van der Waals surface area contributed by atoms with E-state index in [9.17, 15) is 5.11 Å². The molecule has 4 atom stereocenters. The fraction of sp³-hybridized carbons (Fsp3) is 0.818. The van der Waals surface area contributed by atoms with E-state index in [0.29, 0.717) is 10.5 Å². The van der Waals surface area contributed by atoms with Crippen molar-refractivity contribution in [3.8, 4) is 0 Å². The Kier molecular flexibility index (Phi) is 6.12. The van der Waals surface area contributed by atoms with Crippen LogP contribution in [0, 0.1) is 16.7 Å². The molecule has 0 aromatic rings. The maximum atomic E-state index is 11.8. The SMILES string of the molecule is C=C[C@](C)(C[C@@H](O)[C@@]1(C)C2=C(CC[C@@H]1C)CCC21SCCS1)C1SCCS1. The van der Waals surface area contributed by atoms with Crippen LogP contribution in [0.25, 0.3) is 0 Å². The summed E-state index contributed by atoms with van der Waals surface area (Å²) >= 11 is 8.47. The van der Waals surface area contributed by atoms with Crippen LogP contribution in [0.1, 0.15) is 52.9 Å². The Hall–Kier alpha value is 0.840. The number of hydrogen-bond donors (Lipinski definition) is 1. The molecule has 0 bridgehead atoms. The van der Waals surface area contributed by atoms with Crippen LogP contribution in [0.5, 0.6) is 0 Å². The number of hydrogen-bond acceptors (Lipinski definition) is 5. The topological polar surface area (TPSA) is 20.2 Å². The van der Waals surface area contributed by atoms with Gasteiger partial charge in [0.2, 0.25) is 0 Å². The highest BCUT2D eigenvalue weighted by Crippen LogP contribution is 2.67. The number of aliphatic hydroxyl groups is 1. The fourth-order valence-corrected chi connectivity index (χ4v) is 12.7. The van der Waals surface area contributed by atoms with Crippen LogP contribution < -0.4 is 0 Å². The van der Waals surface area contributed by atoms with Gasteiger partial charge in [0.15, 0.2) is 0 Å². The van der Waals surface area contributed by atoms with Gasteiger partial charge in [0.1, 0.15) is 0 Å². The third kappa shape index (κ3) is 3.40. The van der Waals surface area contributed by atoms with Gasteiger partial charge >= 0.3 is 0 Å². The highest BCUT2D eigenvalue weighted by molar-refractivity contribution is 8.21. The summed E-state index contributed by atoms with van der Waals surface area (Å²) in [6, 6.07) is 0. The zero-order valence-electron chi connectivity index (χ0n) is 17.0. The van der Waals surface area contributed by atoms with Gasteiger partial charge in [-0.2, -0.15) is 0 Å². The van der Waals surface area contributed by atoms with E-state index >= 15 is 0 Å². The molecule has 0 radical (unpaired) electrons. The summed E-state index contributed by atoms with van der Waals surface area (Å²) in [5.74, 6) is 5.53. The third-order valence-electron chi connectivity index (χ3n) is 7.64. The number of allylic oxidation sites excluding steroid dienone is 2. The monoisotopic (exact) mass is 442 g/mol. The molecule has 2 fully saturated rings. The van der Waals surface area contributed by atoms with Crippen LogP contribution in [0.15, 0.2) is 23.8 Å². The van der Waals surface area contributed by atoms with E-state index in [1.54, 1.807) is 11.1 Å². The zero-order chi connectivity index (χ0) is 19.3. The van der Waals surface area contributed by atoms with Crippen LogP contribution in [-0.4, -0.2) is 42.9 Å². The van der Waals surface area contributed by atoms with Crippen molar-refractivity contribution >= 4 is 47.0 Å². The molecule has 0 aromatic heterocycles. The first-order valence-corrected chi connectivity index (χ1v) is 14.5. The lowest BCUT2D eigenvalue weighted by molar-refractivity contribution is -0.00664. The van der Waals surface area contributed by atoms with E-state index in [4.69, 9.17) is 0 Å².